The fraction of sp³-hybridized carbons (Fsp3) is 0.323. The Hall–Kier alpha value is -5.41. The zero-order valence-corrected chi connectivity index (χ0v) is 25.0. The number of nitrogens with zero attached hydrogens (tertiary/aromatic N) is 1. The first-order valence-corrected chi connectivity index (χ1v) is 14.7. The summed E-state index contributed by atoms with van der Waals surface area (Å²) in [5.74, 6) is -3.62. The highest BCUT2D eigenvalue weighted by Gasteiger charge is 2.31. The van der Waals surface area contributed by atoms with Crippen LogP contribution in [0.4, 0.5) is 0 Å². The number of aliphatic hydroxyl groups excluding tert-OH is 1. The number of aliphatic imine (C=N–C) groups is 1. The Labute approximate surface area is 264 Å². The lowest BCUT2D eigenvalue weighted by atomic mass is 10.0. The lowest BCUT2D eigenvalue weighted by molar-refractivity contribution is -0.143. The summed E-state index contributed by atoms with van der Waals surface area (Å²) in [4.78, 5) is 62.2. The number of aromatic amines is 2. The third-order valence-electron chi connectivity index (χ3n) is 7.57. The molecule has 0 radical (unpaired) electrons. The summed E-state index contributed by atoms with van der Waals surface area (Å²) in [6, 6.07) is 9.84. The Morgan fingerprint density at radius 2 is 1.24 bits per heavy atom. The molecule has 0 spiro atoms. The maximum Gasteiger partial charge on any atom is 0.328 e. The number of nitrogens with one attached hydrogen (secondary N) is 5. The van der Waals surface area contributed by atoms with Crippen molar-refractivity contribution in [3.63, 3.8) is 0 Å². The van der Waals surface area contributed by atoms with E-state index in [0.29, 0.717) is 12.0 Å². The number of rotatable bonds is 16. The summed E-state index contributed by atoms with van der Waals surface area (Å²) in [5, 5.41) is 28.3. The molecule has 15 heteroatoms. The second kappa shape index (κ2) is 15.5. The van der Waals surface area contributed by atoms with Gasteiger partial charge in [0.05, 0.1) is 12.6 Å². The number of carbonyl (C=O) groups excluding carboxylic acids is 3. The first kappa shape index (κ1) is 33.5. The highest BCUT2D eigenvalue weighted by molar-refractivity contribution is 5.95. The second-order valence-electron chi connectivity index (χ2n) is 10.9. The van der Waals surface area contributed by atoms with Crippen LogP contribution in [0.2, 0.25) is 0 Å². The van der Waals surface area contributed by atoms with E-state index in [1.165, 1.54) is 0 Å². The molecular weight excluding hydrogens is 594 g/mol. The number of nitrogens with two attached hydrogens (primary N) is 3. The number of benzene rings is 2. The predicted molar refractivity (Wildman–Crippen MR) is 172 cm³/mol. The lowest BCUT2D eigenvalue weighted by Gasteiger charge is -2.25. The van der Waals surface area contributed by atoms with Crippen LogP contribution in [0.15, 0.2) is 65.9 Å². The molecule has 4 unspecified atom stereocenters. The number of carboxylic acid groups (broad SMARTS) is 1. The van der Waals surface area contributed by atoms with E-state index >= 15 is 0 Å². The molecule has 4 aromatic rings. The van der Waals surface area contributed by atoms with Crippen LogP contribution in [-0.4, -0.2) is 87.2 Å². The maximum absolute atomic E-state index is 13.9. The monoisotopic (exact) mass is 633 g/mol. The van der Waals surface area contributed by atoms with Gasteiger partial charge in [0, 0.05) is 53.6 Å². The van der Waals surface area contributed by atoms with Gasteiger partial charge in [-0.1, -0.05) is 36.4 Å². The average molecular weight is 634 g/mol. The van der Waals surface area contributed by atoms with Gasteiger partial charge in [-0.05, 0) is 36.1 Å². The minimum absolute atomic E-state index is 0.0165. The number of hydrogen-bond acceptors (Lipinski definition) is 7. The van der Waals surface area contributed by atoms with Crippen molar-refractivity contribution in [1.29, 1.82) is 0 Å². The Balaban J connectivity index is 1.59. The van der Waals surface area contributed by atoms with Crippen molar-refractivity contribution in [3.8, 4) is 0 Å². The van der Waals surface area contributed by atoms with E-state index in [9.17, 15) is 29.4 Å². The third-order valence-corrected chi connectivity index (χ3v) is 7.57. The molecule has 0 saturated heterocycles. The number of carbonyl (C=O) groups is 4. The summed E-state index contributed by atoms with van der Waals surface area (Å²) < 4.78 is 0. The maximum atomic E-state index is 13.9. The van der Waals surface area contributed by atoms with Gasteiger partial charge >= 0.3 is 5.97 Å². The molecule has 4 atom stereocenters. The molecule has 2 aromatic carbocycles. The smallest absolute Gasteiger partial charge is 0.328 e. The van der Waals surface area contributed by atoms with E-state index in [-0.39, 0.29) is 31.8 Å². The van der Waals surface area contributed by atoms with E-state index < -0.39 is 54.5 Å². The van der Waals surface area contributed by atoms with Gasteiger partial charge < -0.3 is 53.3 Å². The van der Waals surface area contributed by atoms with Crippen molar-refractivity contribution >= 4 is 51.5 Å². The standard InChI is InChI=1S/C31H39N9O6/c32-21(8-5-11-35-31(33)34)27(42)38-24(12-17-14-36-22-9-3-1-6-19(17)22)28(43)39-25(29(44)40-26(16-41)30(45)46)13-18-15-37-23-10-4-2-7-20(18)23/h1-4,6-7,9-10,14-15,21,24-26,36-37,41H,5,8,11-13,16,32H2,(H,38,42)(H,39,43)(H,40,44)(H,45,46)(H4,33,34,35). The SMILES string of the molecule is NC(N)=NCCCC(N)C(=O)NC(Cc1c[nH]c2ccccc12)C(=O)NC(Cc1c[nH]c2ccccc12)C(=O)NC(CO)C(=O)O. The first-order chi connectivity index (χ1) is 22.1. The van der Waals surface area contributed by atoms with Crippen LogP contribution in [0.3, 0.4) is 0 Å². The van der Waals surface area contributed by atoms with Crippen LogP contribution >= 0.6 is 0 Å². The van der Waals surface area contributed by atoms with Crippen LogP contribution in [0.5, 0.6) is 0 Å². The van der Waals surface area contributed by atoms with Crippen molar-refractivity contribution in [2.75, 3.05) is 13.2 Å². The number of para-hydroxylation sites is 2. The molecule has 0 aliphatic rings. The van der Waals surface area contributed by atoms with Crippen LogP contribution in [-0.2, 0) is 32.0 Å². The van der Waals surface area contributed by atoms with Crippen molar-refractivity contribution < 1.29 is 29.4 Å². The number of fused-ring (bicyclic) bond motifs is 2. The fourth-order valence-corrected chi connectivity index (χ4v) is 5.12. The number of amides is 3. The number of aliphatic carboxylic acids is 1. The third kappa shape index (κ3) is 8.61. The van der Waals surface area contributed by atoms with Gasteiger partial charge in [0.2, 0.25) is 17.7 Å². The van der Waals surface area contributed by atoms with E-state index in [4.69, 9.17) is 17.2 Å². The van der Waals surface area contributed by atoms with Gasteiger partial charge in [-0.2, -0.15) is 0 Å². The highest BCUT2D eigenvalue weighted by Crippen LogP contribution is 2.21. The molecule has 13 N–H and O–H groups in total. The summed E-state index contributed by atoms with van der Waals surface area (Å²) in [6.45, 7) is -0.576. The Morgan fingerprint density at radius 3 is 1.72 bits per heavy atom. The molecule has 0 bridgehead atoms. The van der Waals surface area contributed by atoms with Crippen LogP contribution in [0.25, 0.3) is 21.8 Å². The molecule has 15 nitrogen and oxygen atoms in total. The Kier molecular flexibility index (Phi) is 11.3. The zero-order chi connectivity index (χ0) is 33.2. The molecule has 46 heavy (non-hydrogen) atoms. The minimum Gasteiger partial charge on any atom is -0.480 e. The van der Waals surface area contributed by atoms with Gasteiger partial charge in [0.15, 0.2) is 5.96 Å². The Morgan fingerprint density at radius 1 is 0.761 bits per heavy atom. The molecule has 0 fully saturated rings. The minimum atomic E-state index is -1.59. The lowest BCUT2D eigenvalue weighted by Crippen LogP contribution is -2.58. The number of hydrogen-bond donors (Lipinski definition) is 10. The van der Waals surface area contributed by atoms with Crippen LogP contribution < -0.4 is 33.2 Å². The number of aliphatic hydroxyl groups is 1. The molecule has 0 saturated carbocycles. The van der Waals surface area contributed by atoms with Crippen molar-refractivity contribution in [2.24, 2.45) is 22.2 Å². The van der Waals surface area contributed by atoms with Gasteiger partial charge in [-0.25, -0.2) is 4.79 Å². The highest BCUT2D eigenvalue weighted by atomic mass is 16.4. The average Bonchev–Trinajstić information content (AvgIpc) is 3.64. The topological polar surface area (TPSA) is 267 Å². The quantitative estimate of drug-likeness (QED) is 0.0426. The molecule has 0 aliphatic carbocycles. The number of H-pyrrole nitrogens is 2. The molecule has 2 aromatic heterocycles. The van der Waals surface area contributed by atoms with E-state index in [1.807, 2.05) is 48.5 Å². The van der Waals surface area contributed by atoms with Gasteiger partial charge in [0.25, 0.3) is 0 Å². The molecule has 244 valence electrons. The summed E-state index contributed by atoms with van der Waals surface area (Å²) in [7, 11) is 0. The second-order valence-corrected chi connectivity index (χ2v) is 10.9. The fourth-order valence-electron chi connectivity index (χ4n) is 5.12. The zero-order valence-electron chi connectivity index (χ0n) is 25.0. The predicted octanol–water partition coefficient (Wildman–Crippen LogP) is -0.653. The van der Waals surface area contributed by atoms with Gasteiger partial charge in [-0.3, -0.25) is 19.4 Å². The summed E-state index contributed by atoms with van der Waals surface area (Å²) >= 11 is 0. The van der Waals surface area contributed by atoms with Crippen LogP contribution in [0.1, 0.15) is 24.0 Å². The van der Waals surface area contributed by atoms with Crippen molar-refractivity contribution in [2.45, 2.75) is 49.9 Å². The van der Waals surface area contributed by atoms with Gasteiger partial charge in [0.1, 0.15) is 18.1 Å². The van der Waals surface area contributed by atoms with Crippen LogP contribution in [0, 0.1) is 0 Å². The molecule has 0 aliphatic heterocycles. The van der Waals surface area contributed by atoms with E-state index in [0.717, 1.165) is 27.4 Å². The van der Waals surface area contributed by atoms with E-state index in [1.54, 1.807) is 12.4 Å². The molecular formula is C31H39N9O6. The summed E-state index contributed by atoms with van der Waals surface area (Å²) in [5.41, 5.74) is 19.9. The van der Waals surface area contributed by atoms with Gasteiger partial charge in [-0.15, -0.1) is 0 Å². The Bertz CT molecular complexity index is 1710. The molecule has 2 heterocycles. The summed E-state index contributed by atoms with van der Waals surface area (Å²) in [6.07, 6.45) is 4.14. The number of carboxylic acids is 1. The van der Waals surface area contributed by atoms with E-state index in [2.05, 4.69) is 30.9 Å². The first-order valence-electron chi connectivity index (χ1n) is 14.7. The number of aromatic nitrogens is 2. The number of guanidine groups is 1. The normalized spacial score (nSPS) is 13.8. The molecule has 4 rings (SSSR count). The van der Waals surface area contributed by atoms with Crippen molar-refractivity contribution in [1.82, 2.24) is 25.9 Å². The molecule has 3 amide bonds. The largest absolute Gasteiger partial charge is 0.480 e. The van der Waals surface area contributed by atoms with Crippen molar-refractivity contribution in [3.05, 3.63) is 72.1 Å².